The van der Waals surface area contributed by atoms with Crippen LogP contribution >= 0.6 is 0 Å². The Hall–Kier alpha value is -1.88. The van der Waals surface area contributed by atoms with Gasteiger partial charge in [0, 0.05) is 6.42 Å². The normalized spacial score (nSPS) is 18.0. The molecule has 1 N–H and O–H groups in total. The Morgan fingerprint density at radius 3 is 2.76 bits per heavy atom. The minimum absolute atomic E-state index is 0.0257. The van der Waals surface area contributed by atoms with E-state index in [1.807, 2.05) is 51.1 Å². The standard InChI is InChI=1S/C16H22N2O3/c1-12-9-14(18-21-12)17-15(19)16(2,3)11-20-10-13-7-5-4-6-8-13/h4-8,12H,9-11H2,1-3H3,(H,17,18,19)/t12-/m0/s1. The summed E-state index contributed by atoms with van der Waals surface area (Å²) in [7, 11) is 0. The first-order valence-corrected chi connectivity index (χ1v) is 7.13. The molecule has 114 valence electrons. The van der Waals surface area contributed by atoms with Gasteiger partial charge >= 0.3 is 0 Å². The van der Waals surface area contributed by atoms with E-state index in [0.717, 1.165) is 5.56 Å². The van der Waals surface area contributed by atoms with Crippen LogP contribution in [-0.2, 0) is 21.0 Å². The number of hydrogen-bond acceptors (Lipinski definition) is 4. The minimum atomic E-state index is -0.622. The Kier molecular flexibility index (Phi) is 4.96. The Morgan fingerprint density at radius 2 is 2.14 bits per heavy atom. The fraction of sp³-hybridized carbons (Fsp3) is 0.500. The third-order valence-corrected chi connectivity index (χ3v) is 3.27. The highest BCUT2D eigenvalue weighted by Gasteiger charge is 2.30. The third-order valence-electron chi connectivity index (χ3n) is 3.27. The van der Waals surface area contributed by atoms with Crippen LogP contribution in [-0.4, -0.2) is 24.5 Å². The van der Waals surface area contributed by atoms with Gasteiger partial charge < -0.3 is 14.9 Å². The summed E-state index contributed by atoms with van der Waals surface area (Å²) < 4.78 is 5.66. The van der Waals surface area contributed by atoms with Gasteiger partial charge in [-0.1, -0.05) is 35.5 Å². The van der Waals surface area contributed by atoms with E-state index in [4.69, 9.17) is 9.57 Å². The maximum absolute atomic E-state index is 12.2. The summed E-state index contributed by atoms with van der Waals surface area (Å²) in [6.45, 7) is 6.47. The molecular formula is C16H22N2O3. The van der Waals surface area contributed by atoms with E-state index < -0.39 is 5.41 Å². The number of oxime groups is 1. The van der Waals surface area contributed by atoms with E-state index in [1.165, 1.54) is 0 Å². The van der Waals surface area contributed by atoms with Crippen LogP contribution in [0.1, 0.15) is 32.8 Å². The van der Waals surface area contributed by atoms with Crippen molar-refractivity contribution in [2.45, 2.75) is 39.9 Å². The first kappa shape index (κ1) is 15.5. The van der Waals surface area contributed by atoms with Gasteiger partial charge in [0.2, 0.25) is 5.91 Å². The lowest BCUT2D eigenvalue weighted by molar-refractivity contribution is -0.131. The van der Waals surface area contributed by atoms with Gasteiger partial charge in [-0.05, 0) is 26.3 Å². The molecule has 21 heavy (non-hydrogen) atoms. The van der Waals surface area contributed by atoms with Crippen molar-refractivity contribution in [1.82, 2.24) is 5.32 Å². The van der Waals surface area contributed by atoms with Gasteiger partial charge in [-0.2, -0.15) is 0 Å². The Bertz CT molecular complexity index is 512. The second kappa shape index (κ2) is 6.72. The SMILES string of the molecule is C[C@H]1CC(NC(=O)C(C)(C)COCc2ccccc2)=NO1. The summed E-state index contributed by atoms with van der Waals surface area (Å²) in [5.74, 6) is 0.482. The second-order valence-electron chi connectivity index (χ2n) is 5.97. The first-order chi connectivity index (χ1) is 9.97. The topological polar surface area (TPSA) is 59.9 Å². The summed E-state index contributed by atoms with van der Waals surface area (Å²) >= 11 is 0. The quantitative estimate of drug-likeness (QED) is 0.906. The van der Waals surface area contributed by atoms with E-state index in [1.54, 1.807) is 0 Å². The zero-order valence-corrected chi connectivity index (χ0v) is 12.8. The largest absolute Gasteiger partial charge is 0.391 e. The number of benzene rings is 1. The average Bonchev–Trinajstić information content (AvgIpc) is 2.85. The van der Waals surface area contributed by atoms with Gasteiger partial charge in [0.1, 0.15) is 6.10 Å². The smallest absolute Gasteiger partial charge is 0.233 e. The number of amidine groups is 1. The van der Waals surface area contributed by atoms with Gasteiger partial charge in [-0.3, -0.25) is 4.79 Å². The van der Waals surface area contributed by atoms with Gasteiger partial charge in [-0.25, -0.2) is 0 Å². The molecule has 0 bridgehead atoms. The molecule has 0 spiro atoms. The van der Waals surface area contributed by atoms with Crippen molar-refractivity contribution in [3.63, 3.8) is 0 Å². The summed E-state index contributed by atoms with van der Waals surface area (Å²) in [4.78, 5) is 17.3. The second-order valence-corrected chi connectivity index (χ2v) is 5.97. The number of carbonyl (C=O) groups is 1. The maximum atomic E-state index is 12.2. The fourth-order valence-electron chi connectivity index (χ4n) is 1.94. The first-order valence-electron chi connectivity index (χ1n) is 7.13. The molecule has 1 aliphatic rings. The molecule has 1 atom stereocenters. The summed E-state index contributed by atoms with van der Waals surface area (Å²) in [6.07, 6.45) is 0.657. The predicted octanol–water partition coefficient (Wildman–Crippen LogP) is 2.47. The van der Waals surface area contributed by atoms with Crippen molar-refractivity contribution < 1.29 is 14.4 Å². The Balaban J connectivity index is 1.79. The van der Waals surface area contributed by atoms with Gasteiger partial charge in [0.05, 0.1) is 18.6 Å². The number of nitrogens with zero attached hydrogens (tertiary/aromatic N) is 1. The molecule has 1 heterocycles. The molecule has 0 radical (unpaired) electrons. The van der Waals surface area contributed by atoms with Crippen molar-refractivity contribution in [2.24, 2.45) is 10.6 Å². The van der Waals surface area contributed by atoms with Crippen molar-refractivity contribution in [3.8, 4) is 0 Å². The molecule has 0 aromatic heterocycles. The molecule has 0 aliphatic carbocycles. The van der Waals surface area contributed by atoms with Crippen molar-refractivity contribution in [1.29, 1.82) is 0 Å². The average molecular weight is 290 g/mol. The van der Waals surface area contributed by atoms with E-state index >= 15 is 0 Å². The number of hydrogen-bond donors (Lipinski definition) is 1. The molecule has 1 amide bonds. The van der Waals surface area contributed by atoms with Crippen molar-refractivity contribution in [2.75, 3.05) is 6.61 Å². The van der Waals surface area contributed by atoms with E-state index in [0.29, 0.717) is 25.5 Å². The molecule has 0 unspecified atom stereocenters. The predicted molar refractivity (Wildman–Crippen MR) is 80.6 cm³/mol. The lowest BCUT2D eigenvalue weighted by atomic mass is 9.93. The number of nitrogens with one attached hydrogen (secondary N) is 1. The van der Waals surface area contributed by atoms with Crippen LogP contribution in [0.15, 0.2) is 35.5 Å². The number of amides is 1. The highest BCUT2D eigenvalue weighted by atomic mass is 16.6. The highest BCUT2D eigenvalue weighted by Crippen LogP contribution is 2.18. The van der Waals surface area contributed by atoms with Crippen LogP contribution in [0.3, 0.4) is 0 Å². The molecule has 2 rings (SSSR count). The van der Waals surface area contributed by atoms with E-state index in [9.17, 15) is 4.79 Å². The van der Waals surface area contributed by atoms with Gasteiger partial charge in [-0.15, -0.1) is 0 Å². The molecule has 0 saturated heterocycles. The Morgan fingerprint density at radius 1 is 1.43 bits per heavy atom. The summed E-state index contributed by atoms with van der Waals surface area (Å²) in [5, 5.41) is 6.65. The number of carbonyl (C=O) groups excluding carboxylic acids is 1. The third kappa shape index (κ3) is 4.56. The Labute approximate surface area is 125 Å². The molecule has 1 aliphatic heterocycles. The van der Waals surface area contributed by atoms with Crippen molar-refractivity contribution >= 4 is 11.7 Å². The molecule has 5 heteroatoms. The van der Waals surface area contributed by atoms with Gasteiger partial charge in [0.25, 0.3) is 0 Å². The fourth-order valence-corrected chi connectivity index (χ4v) is 1.94. The van der Waals surface area contributed by atoms with Crippen LogP contribution in [0.5, 0.6) is 0 Å². The highest BCUT2D eigenvalue weighted by molar-refractivity contribution is 6.00. The monoisotopic (exact) mass is 290 g/mol. The molecule has 0 saturated carbocycles. The molecule has 1 aromatic carbocycles. The van der Waals surface area contributed by atoms with Crippen LogP contribution in [0.4, 0.5) is 0 Å². The molecule has 5 nitrogen and oxygen atoms in total. The summed E-state index contributed by atoms with van der Waals surface area (Å²) in [6, 6.07) is 9.90. The number of ether oxygens (including phenoxy) is 1. The van der Waals surface area contributed by atoms with Crippen LogP contribution < -0.4 is 5.32 Å². The summed E-state index contributed by atoms with van der Waals surface area (Å²) in [5.41, 5.74) is 0.472. The van der Waals surface area contributed by atoms with Gasteiger partial charge in [0.15, 0.2) is 5.84 Å². The lowest BCUT2D eigenvalue weighted by Crippen LogP contribution is -2.42. The van der Waals surface area contributed by atoms with Crippen LogP contribution in [0.25, 0.3) is 0 Å². The minimum Gasteiger partial charge on any atom is -0.391 e. The molecular weight excluding hydrogens is 268 g/mol. The number of rotatable bonds is 5. The van der Waals surface area contributed by atoms with E-state index in [2.05, 4.69) is 10.5 Å². The molecule has 1 aromatic rings. The maximum Gasteiger partial charge on any atom is 0.233 e. The zero-order chi connectivity index (χ0) is 15.3. The molecule has 0 fully saturated rings. The lowest BCUT2D eigenvalue weighted by Gasteiger charge is -2.23. The van der Waals surface area contributed by atoms with E-state index in [-0.39, 0.29) is 12.0 Å². The van der Waals surface area contributed by atoms with Crippen LogP contribution in [0.2, 0.25) is 0 Å². The van der Waals surface area contributed by atoms with Crippen LogP contribution in [0, 0.1) is 5.41 Å². The van der Waals surface area contributed by atoms with Crippen molar-refractivity contribution in [3.05, 3.63) is 35.9 Å². The zero-order valence-electron chi connectivity index (χ0n) is 12.8.